The average molecular weight is 377 g/mol. The monoisotopic (exact) mass is 377 g/mol. The Morgan fingerprint density at radius 3 is 2.54 bits per heavy atom. The van der Waals surface area contributed by atoms with Crippen molar-refractivity contribution in [3.8, 4) is 11.4 Å². The summed E-state index contributed by atoms with van der Waals surface area (Å²) in [7, 11) is 1.61. The van der Waals surface area contributed by atoms with Gasteiger partial charge in [-0.05, 0) is 24.3 Å². The lowest BCUT2D eigenvalue weighted by Gasteiger charge is -2.09. The van der Waals surface area contributed by atoms with Crippen molar-refractivity contribution in [3.05, 3.63) is 30.6 Å². The number of nitrogens with one attached hydrogen (secondary N) is 2. The molecule has 0 spiro atoms. The minimum atomic E-state index is -0.127. The summed E-state index contributed by atoms with van der Waals surface area (Å²) in [6.45, 7) is 4.45. The first-order chi connectivity index (χ1) is 12.5. The Kier molecular flexibility index (Phi) is 7.46. The summed E-state index contributed by atoms with van der Waals surface area (Å²) in [5.41, 5.74) is 0.884. The fourth-order valence-corrected chi connectivity index (χ4v) is 2.77. The highest BCUT2D eigenvalue weighted by Crippen LogP contribution is 2.21. The predicted molar refractivity (Wildman–Crippen MR) is 99.5 cm³/mol. The van der Waals surface area contributed by atoms with Crippen LogP contribution in [-0.4, -0.2) is 52.5 Å². The lowest BCUT2D eigenvalue weighted by atomic mass is 10.2. The van der Waals surface area contributed by atoms with Crippen molar-refractivity contribution in [2.45, 2.75) is 19.0 Å². The maximum atomic E-state index is 11.9. The molecule has 2 amide bonds. The van der Waals surface area contributed by atoms with Crippen molar-refractivity contribution >= 4 is 23.6 Å². The number of amides is 2. The molecule has 8 nitrogen and oxygen atoms in total. The van der Waals surface area contributed by atoms with E-state index < -0.39 is 0 Å². The second-order valence-electron chi connectivity index (χ2n) is 5.77. The molecule has 0 aliphatic carbocycles. The first kappa shape index (κ1) is 19.8. The van der Waals surface area contributed by atoms with E-state index in [0.717, 1.165) is 11.4 Å². The third-order valence-electron chi connectivity index (χ3n) is 3.47. The van der Waals surface area contributed by atoms with Gasteiger partial charge in [0.15, 0.2) is 5.16 Å². The number of nitrogens with zero attached hydrogens (tertiary/aromatic N) is 3. The Labute approximate surface area is 156 Å². The van der Waals surface area contributed by atoms with Gasteiger partial charge in [0.2, 0.25) is 11.8 Å². The third kappa shape index (κ3) is 5.76. The van der Waals surface area contributed by atoms with E-state index >= 15 is 0 Å². The fraction of sp³-hybridized carbons (Fsp3) is 0.412. The zero-order chi connectivity index (χ0) is 18.9. The van der Waals surface area contributed by atoms with Crippen LogP contribution in [0.25, 0.3) is 5.69 Å². The maximum Gasteiger partial charge on any atom is 0.230 e. The second-order valence-corrected chi connectivity index (χ2v) is 6.71. The van der Waals surface area contributed by atoms with Gasteiger partial charge in [0, 0.05) is 24.7 Å². The molecule has 26 heavy (non-hydrogen) atoms. The Balaban J connectivity index is 1.80. The van der Waals surface area contributed by atoms with E-state index in [0.29, 0.717) is 18.2 Å². The van der Waals surface area contributed by atoms with Gasteiger partial charge in [0.1, 0.15) is 12.1 Å². The van der Waals surface area contributed by atoms with Crippen molar-refractivity contribution in [1.29, 1.82) is 0 Å². The molecule has 0 radical (unpaired) electrons. The molecule has 1 heterocycles. The molecule has 0 saturated heterocycles. The van der Waals surface area contributed by atoms with E-state index in [2.05, 4.69) is 20.8 Å². The van der Waals surface area contributed by atoms with E-state index in [1.807, 2.05) is 38.1 Å². The van der Waals surface area contributed by atoms with Gasteiger partial charge < -0.3 is 15.4 Å². The van der Waals surface area contributed by atoms with E-state index in [-0.39, 0.29) is 23.5 Å². The Hall–Kier alpha value is -2.55. The van der Waals surface area contributed by atoms with Crippen LogP contribution in [0.2, 0.25) is 0 Å². The van der Waals surface area contributed by atoms with Gasteiger partial charge in [-0.3, -0.25) is 14.2 Å². The van der Waals surface area contributed by atoms with E-state index in [4.69, 9.17) is 4.74 Å². The topological polar surface area (TPSA) is 98.1 Å². The summed E-state index contributed by atoms with van der Waals surface area (Å²) in [5.74, 6) is 0.761. The molecular weight excluding hydrogens is 354 g/mol. The molecule has 2 rings (SSSR count). The highest BCUT2D eigenvalue weighted by Gasteiger charge is 2.10. The largest absolute Gasteiger partial charge is 0.497 e. The quantitative estimate of drug-likeness (QED) is 0.504. The van der Waals surface area contributed by atoms with Gasteiger partial charge in [0.25, 0.3) is 0 Å². The molecule has 0 aliphatic rings. The molecule has 1 aromatic heterocycles. The van der Waals surface area contributed by atoms with Crippen LogP contribution in [0.5, 0.6) is 5.75 Å². The van der Waals surface area contributed by atoms with Gasteiger partial charge in [-0.1, -0.05) is 25.6 Å². The molecule has 0 unspecified atom stereocenters. The molecule has 2 aromatic rings. The molecule has 0 fully saturated rings. The Bertz CT molecular complexity index is 730. The van der Waals surface area contributed by atoms with Gasteiger partial charge in [-0.15, -0.1) is 10.2 Å². The number of thioether (sulfide) groups is 1. The van der Waals surface area contributed by atoms with E-state index in [1.54, 1.807) is 18.0 Å². The number of rotatable bonds is 9. The number of aromatic nitrogens is 3. The molecule has 2 N–H and O–H groups in total. The van der Waals surface area contributed by atoms with Crippen LogP contribution in [0, 0.1) is 5.92 Å². The van der Waals surface area contributed by atoms with Crippen LogP contribution in [-0.2, 0) is 9.59 Å². The minimum absolute atomic E-state index is 0.0267. The van der Waals surface area contributed by atoms with E-state index in [9.17, 15) is 9.59 Å². The first-order valence-electron chi connectivity index (χ1n) is 8.23. The molecule has 0 atom stereocenters. The summed E-state index contributed by atoms with van der Waals surface area (Å²) in [6.07, 6.45) is 1.60. The number of hydrogen-bond acceptors (Lipinski definition) is 6. The highest BCUT2D eigenvalue weighted by atomic mass is 32.2. The van der Waals surface area contributed by atoms with E-state index in [1.165, 1.54) is 11.8 Å². The smallest absolute Gasteiger partial charge is 0.230 e. The minimum Gasteiger partial charge on any atom is -0.497 e. The predicted octanol–water partition coefficient (Wildman–Crippen LogP) is 1.26. The molecule has 1 aromatic carbocycles. The van der Waals surface area contributed by atoms with Gasteiger partial charge >= 0.3 is 0 Å². The van der Waals surface area contributed by atoms with Crippen molar-refractivity contribution in [3.63, 3.8) is 0 Å². The van der Waals surface area contributed by atoms with Crippen LogP contribution >= 0.6 is 11.8 Å². The number of carbonyl (C=O) groups is 2. The molecular formula is C17H23N5O3S. The molecule has 0 aliphatic heterocycles. The molecule has 0 saturated carbocycles. The normalized spacial score (nSPS) is 10.6. The van der Waals surface area contributed by atoms with Gasteiger partial charge in [-0.25, -0.2) is 0 Å². The lowest BCUT2D eigenvalue weighted by molar-refractivity contribution is -0.124. The maximum absolute atomic E-state index is 11.9. The highest BCUT2D eigenvalue weighted by molar-refractivity contribution is 7.99. The first-order valence-corrected chi connectivity index (χ1v) is 9.21. The van der Waals surface area contributed by atoms with Crippen molar-refractivity contribution < 1.29 is 14.3 Å². The Morgan fingerprint density at radius 2 is 1.88 bits per heavy atom. The summed E-state index contributed by atoms with van der Waals surface area (Å²) < 4.78 is 6.95. The zero-order valence-electron chi connectivity index (χ0n) is 15.1. The number of hydrogen-bond donors (Lipinski definition) is 2. The summed E-state index contributed by atoms with van der Waals surface area (Å²) in [5, 5.41) is 14.1. The fourth-order valence-electron chi connectivity index (χ4n) is 2.02. The zero-order valence-corrected chi connectivity index (χ0v) is 15.9. The summed E-state index contributed by atoms with van der Waals surface area (Å²) in [4.78, 5) is 23.4. The average Bonchev–Trinajstić information content (AvgIpc) is 3.11. The number of methoxy groups -OCH3 is 1. The molecule has 9 heteroatoms. The second kappa shape index (κ2) is 9.81. The Morgan fingerprint density at radius 1 is 1.19 bits per heavy atom. The third-order valence-corrected chi connectivity index (χ3v) is 4.41. The number of ether oxygens (including phenoxy) is 1. The molecule has 140 valence electrons. The lowest BCUT2D eigenvalue weighted by Crippen LogP contribution is -2.37. The van der Waals surface area contributed by atoms with Crippen LogP contribution < -0.4 is 15.4 Å². The molecule has 0 bridgehead atoms. The van der Waals surface area contributed by atoms with Crippen molar-refractivity contribution in [2.24, 2.45) is 5.92 Å². The number of carbonyl (C=O) groups excluding carboxylic acids is 2. The van der Waals surface area contributed by atoms with Gasteiger partial charge in [0.05, 0.1) is 12.9 Å². The summed E-state index contributed by atoms with van der Waals surface area (Å²) >= 11 is 1.29. The van der Waals surface area contributed by atoms with Crippen LogP contribution in [0.3, 0.4) is 0 Å². The van der Waals surface area contributed by atoms with Crippen molar-refractivity contribution in [2.75, 3.05) is 26.0 Å². The SMILES string of the molecule is COc1ccc(-n2cnnc2SCC(=O)NCCNC(=O)C(C)C)cc1. The number of benzene rings is 1. The van der Waals surface area contributed by atoms with Crippen LogP contribution in [0.1, 0.15) is 13.8 Å². The standard InChI is InChI=1S/C17H23N5O3S/c1-12(2)16(24)19-9-8-18-15(23)10-26-17-21-20-11-22(17)13-4-6-14(25-3)7-5-13/h4-7,11-12H,8-10H2,1-3H3,(H,18,23)(H,19,24). The summed E-state index contributed by atoms with van der Waals surface area (Å²) in [6, 6.07) is 7.48. The van der Waals surface area contributed by atoms with Crippen molar-refractivity contribution in [1.82, 2.24) is 25.4 Å². The van der Waals surface area contributed by atoms with Gasteiger partial charge in [-0.2, -0.15) is 0 Å². The van der Waals surface area contributed by atoms with Crippen LogP contribution in [0.4, 0.5) is 0 Å². The van der Waals surface area contributed by atoms with Crippen LogP contribution in [0.15, 0.2) is 35.7 Å².